The number of allylic oxidation sites excluding steroid dienone is 9. The number of aliphatic hydroxyl groups is 1. The lowest BCUT2D eigenvalue weighted by atomic mass is 10.0. The van der Waals surface area contributed by atoms with Gasteiger partial charge in [0, 0.05) is 18.7 Å². The van der Waals surface area contributed by atoms with E-state index in [4.69, 9.17) is 9.84 Å². The zero-order valence-corrected chi connectivity index (χ0v) is 20.2. The number of ether oxygens (including phenoxy) is 1. The summed E-state index contributed by atoms with van der Waals surface area (Å²) in [4.78, 5) is 12.5. The highest BCUT2D eigenvalue weighted by Gasteiger charge is 2.07. The molecule has 1 N–H and O–H groups in total. The zero-order valence-electron chi connectivity index (χ0n) is 20.2. The van der Waals surface area contributed by atoms with E-state index in [1.807, 2.05) is 12.1 Å². The Kier molecular flexibility index (Phi) is 12.0. The smallest absolute Gasteiger partial charge is 0.170 e. The first-order valence-corrected chi connectivity index (χ1v) is 11.9. The van der Waals surface area contributed by atoms with Crippen molar-refractivity contribution >= 4 is 17.9 Å². The number of carbonyl (C=O) groups excluding carboxylic acids is 1. The minimum absolute atomic E-state index is 0.135. The molecule has 3 rings (SSSR count). The van der Waals surface area contributed by atoms with Gasteiger partial charge in [-0.15, -0.1) is 0 Å². The van der Waals surface area contributed by atoms with E-state index in [-0.39, 0.29) is 12.4 Å². The Hall–Kier alpha value is -2.91. The molecular formula is C30H38O3. The second kappa shape index (κ2) is 15.0. The highest BCUT2D eigenvalue weighted by atomic mass is 16.5. The summed E-state index contributed by atoms with van der Waals surface area (Å²) in [6.07, 6.45) is 25.0. The van der Waals surface area contributed by atoms with Crippen molar-refractivity contribution in [3.63, 3.8) is 0 Å². The Morgan fingerprint density at radius 3 is 2.79 bits per heavy atom. The minimum Gasteiger partial charge on any atom is -0.485 e. The molecule has 1 aromatic rings. The van der Waals surface area contributed by atoms with Crippen molar-refractivity contribution < 1.29 is 14.6 Å². The van der Waals surface area contributed by atoms with Crippen molar-refractivity contribution in [3.8, 4) is 5.75 Å². The Morgan fingerprint density at radius 2 is 1.97 bits per heavy atom. The van der Waals surface area contributed by atoms with Gasteiger partial charge in [0.05, 0.1) is 0 Å². The maximum absolute atomic E-state index is 12.5. The molecule has 0 radical (unpaired) electrons. The Morgan fingerprint density at radius 1 is 1.12 bits per heavy atom. The third-order valence-corrected chi connectivity index (χ3v) is 5.47. The number of aliphatic hydroxyl groups excluding tert-OH is 1. The summed E-state index contributed by atoms with van der Waals surface area (Å²) in [7, 11) is 1.00. The lowest BCUT2D eigenvalue weighted by molar-refractivity contribution is -0.121. The first kappa shape index (κ1) is 26.3. The van der Waals surface area contributed by atoms with E-state index >= 15 is 0 Å². The van der Waals surface area contributed by atoms with Crippen molar-refractivity contribution in [2.45, 2.75) is 58.3 Å². The van der Waals surface area contributed by atoms with Crippen molar-refractivity contribution in [2.75, 3.05) is 13.7 Å². The summed E-state index contributed by atoms with van der Waals surface area (Å²) in [6, 6.07) is 6.06. The zero-order chi connectivity index (χ0) is 23.9. The number of ketones is 1. The van der Waals surface area contributed by atoms with E-state index in [9.17, 15) is 4.79 Å². The molecule has 176 valence electrons. The maximum Gasteiger partial charge on any atom is 0.170 e. The summed E-state index contributed by atoms with van der Waals surface area (Å²) in [5, 5.41) is 9.25. The Balaban J connectivity index is 0.00000187. The largest absolute Gasteiger partial charge is 0.485 e. The molecule has 0 saturated carbocycles. The van der Waals surface area contributed by atoms with Gasteiger partial charge in [-0.05, 0) is 74.3 Å². The highest BCUT2D eigenvalue weighted by molar-refractivity contribution is 5.80. The third kappa shape index (κ3) is 9.63. The third-order valence-electron chi connectivity index (χ3n) is 5.47. The fraction of sp³-hybridized carbons (Fsp3) is 0.367. The molecular weight excluding hydrogens is 408 g/mol. The van der Waals surface area contributed by atoms with Crippen LogP contribution in [-0.4, -0.2) is 24.6 Å². The summed E-state index contributed by atoms with van der Waals surface area (Å²) >= 11 is 0. The van der Waals surface area contributed by atoms with Gasteiger partial charge in [0.1, 0.15) is 12.4 Å². The number of hydrogen-bond acceptors (Lipinski definition) is 3. The number of Topliss-reactive ketones (excluding diaryl/α,β-unsaturated/α-hetero) is 1. The topological polar surface area (TPSA) is 46.5 Å². The molecule has 2 aliphatic carbocycles. The van der Waals surface area contributed by atoms with E-state index in [1.54, 1.807) is 0 Å². The standard InChI is InChI=1S/C29H34O2.CH4O/c1-23(2)20-25-13-9-8-12-24(21-25)14-10-17-27(30)22-31-29-19-11-16-26-15-6-4-3-5-7-18-28(26)29;1-2/h4,6,8,11-13,15-16,18-19,21H,1,3,5,7,9-10,14,17,20,22H2,2H3;2H,1H3/b6-4-,26-15-,28-18?;. The number of fused-ring (bicyclic) bond motifs is 1. The van der Waals surface area contributed by atoms with Gasteiger partial charge in [0.15, 0.2) is 5.78 Å². The lowest BCUT2D eigenvalue weighted by Gasteiger charge is -2.08. The molecule has 0 aliphatic heterocycles. The molecule has 0 aromatic heterocycles. The van der Waals surface area contributed by atoms with Gasteiger partial charge in [0.25, 0.3) is 0 Å². The predicted molar refractivity (Wildman–Crippen MR) is 139 cm³/mol. The number of rotatable bonds is 9. The van der Waals surface area contributed by atoms with Crippen LogP contribution in [0.15, 0.2) is 78.0 Å². The van der Waals surface area contributed by atoms with Gasteiger partial charge in [-0.1, -0.05) is 72.9 Å². The first-order valence-electron chi connectivity index (χ1n) is 11.9. The average Bonchev–Trinajstić information content (AvgIpc) is 2.94. The van der Waals surface area contributed by atoms with Gasteiger partial charge in [-0.3, -0.25) is 4.79 Å². The van der Waals surface area contributed by atoms with E-state index < -0.39 is 0 Å². The normalized spacial score (nSPS) is 16.9. The van der Waals surface area contributed by atoms with Crippen LogP contribution in [0.25, 0.3) is 12.2 Å². The van der Waals surface area contributed by atoms with Gasteiger partial charge in [-0.25, -0.2) is 0 Å². The molecule has 2 aliphatic rings. The first-order chi connectivity index (χ1) is 16.1. The van der Waals surface area contributed by atoms with Gasteiger partial charge < -0.3 is 9.84 Å². The van der Waals surface area contributed by atoms with Crippen molar-refractivity contribution in [3.05, 3.63) is 88.4 Å². The maximum atomic E-state index is 12.5. The summed E-state index contributed by atoms with van der Waals surface area (Å²) in [6.45, 7) is 6.22. The van der Waals surface area contributed by atoms with Crippen LogP contribution in [-0.2, 0) is 4.79 Å². The fourth-order valence-corrected chi connectivity index (χ4v) is 3.93. The van der Waals surface area contributed by atoms with Crippen molar-refractivity contribution in [1.29, 1.82) is 0 Å². The van der Waals surface area contributed by atoms with E-state index in [2.05, 4.69) is 68.2 Å². The van der Waals surface area contributed by atoms with Crippen LogP contribution in [0.1, 0.15) is 58.3 Å². The van der Waals surface area contributed by atoms with Gasteiger partial charge >= 0.3 is 0 Å². The molecule has 0 unspecified atom stereocenters. The minimum atomic E-state index is 0.135. The number of benzene rings is 1. The van der Waals surface area contributed by atoms with E-state index in [0.717, 1.165) is 68.2 Å². The summed E-state index contributed by atoms with van der Waals surface area (Å²) in [5.74, 6) is 0.960. The molecule has 0 bridgehead atoms. The molecule has 0 heterocycles. The summed E-state index contributed by atoms with van der Waals surface area (Å²) in [5.41, 5.74) is 3.78. The van der Waals surface area contributed by atoms with Crippen LogP contribution in [0, 0.1) is 0 Å². The molecule has 0 saturated heterocycles. The second-order valence-electron chi connectivity index (χ2n) is 8.44. The number of hydrogen-bond donors (Lipinski definition) is 1. The van der Waals surface area contributed by atoms with E-state index in [1.165, 1.54) is 16.7 Å². The quantitative estimate of drug-likeness (QED) is 0.510. The molecule has 1 aromatic carbocycles. The lowest BCUT2D eigenvalue weighted by Crippen LogP contribution is -2.27. The second-order valence-corrected chi connectivity index (χ2v) is 8.44. The van der Waals surface area contributed by atoms with Crippen molar-refractivity contribution in [1.82, 2.24) is 0 Å². The molecule has 0 amide bonds. The fourth-order valence-electron chi connectivity index (χ4n) is 3.93. The van der Waals surface area contributed by atoms with E-state index in [0.29, 0.717) is 6.42 Å². The molecule has 0 spiro atoms. The molecule has 0 atom stereocenters. The van der Waals surface area contributed by atoms with Crippen molar-refractivity contribution in [2.24, 2.45) is 0 Å². The van der Waals surface area contributed by atoms with Crippen LogP contribution in [0.4, 0.5) is 0 Å². The van der Waals surface area contributed by atoms with Crippen LogP contribution < -0.4 is 15.2 Å². The molecule has 3 nitrogen and oxygen atoms in total. The monoisotopic (exact) mass is 446 g/mol. The van der Waals surface area contributed by atoms with Crippen LogP contribution >= 0.6 is 0 Å². The predicted octanol–water partition coefficient (Wildman–Crippen LogP) is 5.49. The van der Waals surface area contributed by atoms with Crippen LogP contribution in [0.5, 0.6) is 5.75 Å². The summed E-state index contributed by atoms with van der Waals surface area (Å²) < 4.78 is 5.95. The number of carbonyl (C=O) groups is 1. The van der Waals surface area contributed by atoms with Crippen LogP contribution in [0.2, 0.25) is 0 Å². The van der Waals surface area contributed by atoms with Gasteiger partial charge in [0.2, 0.25) is 0 Å². The molecule has 33 heavy (non-hydrogen) atoms. The SMILES string of the molecule is C=C(C)CC1=CCC=CC(CCCC(=O)COc2ccc/c3c2=CCCC/C=C\C=3)=C1.CO. The molecule has 0 fully saturated rings. The Labute approximate surface area is 198 Å². The molecule has 3 heteroatoms. The Bertz CT molecular complexity index is 1030. The average molecular weight is 447 g/mol. The van der Waals surface area contributed by atoms with Gasteiger partial charge in [-0.2, -0.15) is 0 Å². The van der Waals surface area contributed by atoms with Crippen LogP contribution in [0.3, 0.4) is 0 Å². The highest BCUT2D eigenvalue weighted by Crippen LogP contribution is 2.20.